The SMILES string of the molecule is CC(C)(c1ccc(OP(=[Se])(CCc2ccccc2)CCc2ccccc2)cc1)c1ccc(OP(=[Se])(CCc2ccccc2)CCc2ccccc2)cc1. The molecule has 0 aromatic heterocycles. The summed E-state index contributed by atoms with van der Waals surface area (Å²) in [5.74, 6) is 1.87. The molecule has 53 heavy (non-hydrogen) atoms. The Morgan fingerprint density at radius 1 is 0.377 bits per heavy atom. The zero-order chi connectivity index (χ0) is 37.0. The van der Waals surface area contributed by atoms with Crippen molar-refractivity contribution >= 4 is 41.7 Å². The van der Waals surface area contributed by atoms with Crippen LogP contribution < -0.4 is 9.05 Å². The first-order chi connectivity index (χ1) is 25.7. The van der Waals surface area contributed by atoms with Crippen LogP contribution in [0.2, 0.25) is 0 Å². The van der Waals surface area contributed by atoms with Gasteiger partial charge in [0.05, 0.1) is 0 Å². The van der Waals surface area contributed by atoms with Crippen molar-refractivity contribution in [1.82, 2.24) is 0 Å². The Morgan fingerprint density at radius 2 is 0.623 bits per heavy atom. The van der Waals surface area contributed by atoms with Crippen molar-refractivity contribution in [2.45, 2.75) is 44.9 Å². The van der Waals surface area contributed by atoms with Gasteiger partial charge in [-0.15, -0.1) is 0 Å². The first-order valence-corrected chi connectivity index (χ1v) is 27.2. The fourth-order valence-electron chi connectivity index (χ4n) is 6.60. The predicted molar refractivity (Wildman–Crippen MR) is 232 cm³/mol. The number of hydrogen-bond donors (Lipinski definition) is 0. The van der Waals surface area contributed by atoms with Crippen LogP contribution in [0.4, 0.5) is 0 Å². The van der Waals surface area contributed by atoms with Crippen LogP contribution in [0.5, 0.6) is 11.5 Å². The van der Waals surface area contributed by atoms with Crippen LogP contribution in [0.1, 0.15) is 47.2 Å². The molecule has 0 amide bonds. The van der Waals surface area contributed by atoms with Gasteiger partial charge in [0.2, 0.25) is 0 Å². The topological polar surface area (TPSA) is 18.5 Å². The molecule has 0 saturated heterocycles. The zero-order valence-electron chi connectivity index (χ0n) is 30.9. The molecule has 0 radical (unpaired) electrons. The summed E-state index contributed by atoms with van der Waals surface area (Å²) < 4.78 is 13.8. The molecule has 0 unspecified atom stereocenters. The zero-order valence-corrected chi connectivity index (χ0v) is 36.1. The van der Waals surface area contributed by atoms with E-state index in [0.29, 0.717) is 0 Å². The minimum absolute atomic E-state index is 0.187. The molecule has 6 heteroatoms. The molecule has 0 aliphatic carbocycles. The molecule has 272 valence electrons. The molecule has 2 nitrogen and oxygen atoms in total. The minimum atomic E-state index is -1.84. The van der Waals surface area contributed by atoms with E-state index in [1.165, 1.54) is 33.4 Å². The van der Waals surface area contributed by atoms with E-state index in [4.69, 9.17) is 9.05 Å². The second-order valence-corrected chi connectivity index (χ2v) is 28.1. The van der Waals surface area contributed by atoms with E-state index in [9.17, 15) is 0 Å². The summed E-state index contributed by atoms with van der Waals surface area (Å²) in [6.07, 6.45) is 8.01. The van der Waals surface area contributed by atoms with Gasteiger partial charge >= 0.3 is 335 Å². The summed E-state index contributed by atoms with van der Waals surface area (Å²) in [5, 5.41) is 0. The van der Waals surface area contributed by atoms with Crippen molar-refractivity contribution in [3.8, 4) is 11.5 Å². The van der Waals surface area contributed by atoms with Gasteiger partial charge in [-0.25, -0.2) is 0 Å². The van der Waals surface area contributed by atoms with Crippen molar-refractivity contribution in [1.29, 1.82) is 0 Å². The van der Waals surface area contributed by atoms with E-state index in [1.54, 1.807) is 0 Å². The van der Waals surface area contributed by atoms with Gasteiger partial charge in [-0.2, -0.15) is 0 Å². The number of benzene rings is 6. The first kappa shape index (κ1) is 39.5. The number of aryl methyl sites for hydroxylation is 4. The van der Waals surface area contributed by atoms with Crippen molar-refractivity contribution in [3.63, 3.8) is 0 Å². The molecule has 6 aromatic carbocycles. The Balaban J connectivity index is 1.13. The number of hydrogen-bond acceptors (Lipinski definition) is 2. The summed E-state index contributed by atoms with van der Waals surface area (Å²) in [6, 6.07) is 60.7. The molecular weight excluding hydrogens is 816 g/mol. The maximum absolute atomic E-state index is 6.92. The average molecular weight is 867 g/mol. The predicted octanol–water partition coefficient (Wildman–Crippen LogP) is 11.8. The van der Waals surface area contributed by atoms with Crippen LogP contribution in [0.3, 0.4) is 0 Å². The molecule has 6 aromatic rings. The van der Waals surface area contributed by atoms with Gasteiger partial charge in [-0.05, 0) is 0 Å². The van der Waals surface area contributed by atoms with Crippen LogP contribution in [0.25, 0.3) is 0 Å². The quantitative estimate of drug-likeness (QED) is 0.0633. The van der Waals surface area contributed by atoms with E-state index in [2.05, 4.69) is 214 Å². The van der Waals surface area contributed by atoms with Crippen molar-refractivity contribution in [2.75, 3.05) is 24.6 Å². The fourth-order valence-corrected chi connectivity index (χ4v) is 14.2. The van der Waals surface area contributed by atoms with Gasteiger partial charge in [0.1, 0.15) is 0 Å². The summed E-state index contributed by atoms with van der Waals surface area (Å²) in [4.78, 5) is 0. The average Bonchev–Trinajstić information content (AvgIpc) is 3.20. The molecule has 0 N–H and O–H groups in total. The van der Waals surface area contributed by atoms with Gasteiger partial charge in [-0.1, -0.05) is 0 Å². The normalized spacial score (nSPS) is 12.0. The van der Waals surface area contributed by atoms with E-state index in [1.807, 2.05) is 0 Å². The Kier molecular flexibility index (Phi) is 14.1. The van der Waals surface area contributed by atoms with Crippen molar-refractivity contribution < 1.29 is 9.05 Å². The second kappa shape index (κ2) is 18.9. The van der Waals surface area contributed by atoms with Crippen LogP contribution >= 0.6 is 11.5 Å². The maximum atomic E-state index is 6.92. The van der Waals surface area contributed by atoms with Gasteiger partial charge < -0.3 is 0 Å². The van der Waals surface area contributed by atoms with Crippen LogP contribution in [-0.4, -0.2) is 54.8 Å². The standard InChI is InChI=1S/C47H50O2P2Se2/c1-47(2,43-23-27-45(28-24-43)48-50(52,35-31-39-15-7-3-8-16-39)36-32-40-17-9-4-10-18-40)44-25-29-46(30-26-44)49-51(53,37-33-41-19-11-5-12-20-41)38-34-42-21-13-6-14-22-42/h3-30H,31-38H2,1-2H3. The van der Waals surface area contributed by atoms with Crippen molar-refractivity contribution in [3.05, 3.63) is 203 Å². The first-order valence-electron chi connectivity index (χ1n) is 18.6. The van der Waals surface area contributed by atoms with Gasteiger partial charge in [-0.3, -0.25) is 0 Å². The molecule has 0 fully saturated rings. The third-order valence-corrected chi connectivity index (χ3v) is 20.3. The Bertz CT molecular complexity index is 1840. The van der Waals surface area contributed by atoms with Crippen LogP contribution in [0, 0.1) is 0 Å². The van der Waals surface area contributed by atoms with E-state index in [0.717, 1.165) is 61.8 Å². The van der Waals surface area contributed by atoms with Crippen molar-refractivity contribution in [2.24, 2.45) is 0 Å². The van der Waals surface area contributed by atoms with Gasteiger partial charge in [0.25, 0.3) is 0 Å². The molecule has 0 bridgehead atoms. The molecule has 0 atom stereocenters. The summed E-state index contributed by atoms with van der Waals surface area (Å²) in [7, 11) is 0. The van der Waals surface area contributed by atoms with Gasteiger partial charge in [0, 0.05) is 0 Å². The van der Waals surface area contributed by atoms with E-state index < -0.39 is 11.5 Å². The third kappa shape index (κ3) is 11.9. The van der Waals surface area contributed by atoms with Crippen LogP contribution in [0.15, 0.2) is 170 Å². The van der Waals surface area contributed by atoms with Crippen LogP contribution in [-0.2, 0) is 31.1 Å². The Labute approximate surface area is 333 Å². The monoisotopic (exact) mass is 868 g/mol. The second-order valence-electron chi connectivity index (χ2n) is 14.3. The summed E-state index contributed by atoms with van der Waals surface area (Å²) in [5.41, 5.74) is 4.06. The molecule has 6 rings (SSSR count). The number of rotatable bonds is 18. The molecule has 0 saturated carbocycles. The third-order valence-electron chi connectivity index (χ3n) is 10.0. The Hall–Kier alpha value is -3.18. The molecular formula is C47H50O2P2Se2. The summed E-state index contributed by atoms with van der Waals surface area (Å²) >= 11 is 7.16. The molecule has 0 aliphatic rings. The fraction of sp³-hybridized carbons (Fsp3) is 0.234. The molecule has 0 heterocycles. The van der Waals surface area contributed by atoms with Gasteiger partial charge in [0.15, 0.2) is 0 Å². The van der Waals surface area contributed by atoms with E-state index >= 15 is 0 Å². The Morgan fingerprint density at radius 3 is 0.868 bits per heavy atom. The summed E-state index contributed by atoms with van der Waals surface area (Å²) in [6.45, 7) is 4.60. The molecule has 0 spiro atoms. The molecule has 0 aliphatic heterocycles. The van der Waals surface area contributed by atoms with E-state index in [-0.39, 0.29) is 5.41 Å².